The molecule has 1 aromatic heterocycles. The van der Waals surface area contributed by atoms with E-state index < -0.39 is 0 Å². The molecule has 2 nitrogen and oxygen atoms in total. The van der Waals surface area contributed by atoms with Crippen LogP contribution in [-0.4, -0.2) is 0 Å². The van der Waals surface area contributed by atoms with E-state index in [0.717, 1.165) is 18.0 Å². The molecule has 0 fully saturated rings. The Hall–Kier alpha value is -1.70. The standard InChI is InChI=1S/C15H19NO/c1-2-3-5-13-7-9-14(10-8-13)16-12-15-6-4-11-17-15/h4,6-11,16H,2-3,5,12H2,1H3. The molecule has 0 aliphatic rings. The van der Waals surface area contributed by atoms with Crippen LogP contribution in [0.25, 0.3) is 0 Å². The van der Waals surface area contributed by atoms with Crippen molar-refractivity contribution in [2.45, 2.75) is 32.7 Å². The largest absolute Gasteiger partial charge is 0.467 e. The van der Waals surface area contributed by atoms with Crippen molar-refractivity contribution in [3.8, 4) is 0 Å². The summed E-state index contributed by atoms with van der Waals surface area (Å²) < 4.78 is 5.27. The Morgan fingerprint density at radius 2 is 1.94 bits per heavy atom. The molecule has 0 aliphatic heterocycles. The van der Waals surface area contributed by atoms with Gasteiger partial charge in [-0.15, -0.1) is 0 Å². The molecule has 0 amide bonds. The highest BCUT2D eigenvalue weighted by Gasteiger charge is 1.97. The van der Waals surface area contributed by atoms with E-state index in [1.54, 1.807) is 6.26 Å². The first kappa shape index (κ1) is 11.8. The van der Waals surface area contributed by atoms with E-state index in [0.29, 0.717) is 0 Å². The van der Waals surface area contributed by atoms with Crippen molar-refractivity contribution in [3.05, 3.63) is 54.0 Å². The van der Waals surface area contributed by atoms with Crippen molar-refractivity contribution in [1.29, 1.82) is 0 Å². The van der Waals surface area contributed by atoms with Gasteiger partial charge in [0.2, 0.25) is 0 Å². The molecule has 1 aromatic carbocycles. The van der Waals surface area contributed by atoms with Crippen LogP contribution in [0.1, 0.15) is 31.1 Å². The third kappa shape index (κ3) is 3.66. The van der Waals surface area contributed by atoms with Gasteiger partial charge in [-0.05, 0) is 42.7 Å². The summed E-state index contributed by atoms with van der Waals surface area (Å²) >= 11 is 0. The quantitative estimate of drug-likeness (QED) is 0.801. The molecule has 1 heterocycles. The Morgan fingerprint density at radius 3 is 2.59 bits per heavy atom. The minimum Gasteiger partial charge on any atom is -0.467 e. The van der Waals surface area contributed by atoms with Crippen LogP contribution in [0.4, 0.5) is 5.69 Å². The number of aryl methyl sites for hydroxylation is 1. The number of hydrogen-bond donors (Lipinski definition) is 1. The van der Waals surface area contributed by atoms with Crippen LogP contribution >= 0.6 is 0 Å². The van der Waals surface area contributed by atoms with Crippen LogP contribution in [0.15, 0.2) is 47.1 Å². The maximum absolute atomic E-state index is 5.27. The summed E-state index contributed by atoms with van der Waals surface area (Å²) in [6.45, 7) is 2.96. The van der Waals surface area contributed by atoms with E-state index in [2.05, 4.69) is 36.5 Å². The Balaban J connectivity index is 1.85. The van der Waals surface area contributed by atoms with Gasteiger partial charge in [0, 0.05) is 5.69 Å². The molecule has 1 N–H and O–H groups in total. The maximum Gasteiger partial charge on any atom is 0.122 e. The molecule has 0 saturated carbocycles. The molecule has 0 aliphatic carbocycles. The Bertz CT molecular complexity index is 417. The first-order valence-electron chi connectivity index (χ1n) is 6.23. The van der Waals surface area contributed by atoms with Crippen LogP contribution in [0.3, 0.4) is 0 Å². The molecule has 0 spiro atoms. The number of unbranched alkanes of at least 4 members (excludes halogenated alkanes) is 1. The van der Waals surface area contributed by atoms with Crippen LogP contribution in [0.5, 0.6) is 0 Å². The van der Waals surface area contributed by atoms with Gasteiger partial charge in [-0.25, -0.2) is 0 Å². The highest BCUT2D eigenvalue weighted by molar-refractivity contribution is 5.44. The van der Waals surface area contributed by atoms with E-state index >= 15 is 0 Å². The first-order chi connectivity index (χ1) is 8.38. The van der Waals surface area contributed by atoms with Crippen molar-refractivity contribution in [3.63, 3.8) is 0 Å². The number of anilines is 1. The summed E-state index contributed by atoms with van der Waals surface area (Å²) in [5, 5.41) is 3.34. The van der Waals surface area contributed by atoms with Crippen molar-refractivity contribution in [2.24, 2.45) is 0 Å². The van der Waals surface area contributed by atoms with Crippen molar-refractivity contribution >= 4 is 5.69 Å². The predicted octanol–water partition coefficient (Wildman–Crippen LogP) is 4.23. The first-order valence-corrected chi connectivity index (χ1v) is 6.23. The number of rotatable bonds is 6. The zero-order chi connectivity index (χ0) is 11.9. The van der Waals surface area contributed by atoms with Gasteiger partial charge in [-0.2, -0.15) is 0 Å². The molecule has 0 bridgehead atoms. The van der Waals surface area contributed by atoms with Gasteiger partial charge in [0.05, 0.1) is 12.8 Å². The Kier molecular flexibility index (Phi) is 4.25. The normalized spacial score (nSPS) is 10.4. The Labute approximate surface area is 103 Å². The molecule has 17 heavy (non-hydrogen) atoms. The van der Waals surface area contributed by atoms with Gasteiger partial charge >= 0.3 is 0 Å². The van der Waals surface area contributed by atoms with E-state index in [1.165, 1.54) is 24.8 Å². The smallest absolute Gasteiger partial charge is 0.122 e. The maximum atomic E-state index is 5.27. The van der Waals surface area contributed by atoms with E-state index in [4.69, 9.17) is 4.42 Å². The van der Waals surface area contributed by atoms with Gasteiger partial charge in [0.15, 0.2) is 0 Å². The Morgan fingerprint density at radius 1 is 1.12 bits per heavy atom. The van der Waals surface area contributed by atoms with Crippen LogP contribution in [-0.2, 0) is 13.0 Å². The third-order valence-corrected chi connectivity index (χ3v) is 2.82. The topological polar surface area (TPSA) is 25.2 Å². The van der Waals surface area contributed by atoms with E-state index in [-0.39, 0.29) is 0 Å². The summed E-state index contributed by atoms with van der Waals surface area (Å²) in [4.78, 5) is 0. The number of furan rings is 1. The summed E-state index contributed by atoms with van der Waals surface area (Å²) in [5.41, 5.74) is 2.55. The lowest BCUT2D eigenvalue weighted by atomic mass is 10.1. The molecule has 2 heteroatoms. The molecule has 2 rings (SSSR count). The van der Waals surface area contributed by atoms with Gasteiger partial charge in [-0.1, -0.05) is 25.5 Å². The van der Waals surface area contributed by atoms with Crippen molar-refractivity contribution in [2.75, 3.05) is 5.32 Å². The highest BCUT2D eigenvalue weighted by Crippen LogP contribution is 2.13. The minimum atomic E-state index is 0.737. The van der Waals surface area contributed by atoms with Crippen LogP contribution in [0, 0.1) is 0 Å². The second kappa shape index (κ2) is 6.14. The molecule has 0 radical (unpaired) electrons. The van der Waals surface area contributed by atoms with Crippen LogP contribution < -0.4 is 5.32 Å². The van der Waals surface area contributed by atoms with Crippen molar-refractivity contribution < 1.29 is 4.42 Å². The third-order valence-electron chi connectivity index (χ3n) is 2.82. The summed E-state index contributed by atoms with van der Waals surface area (Å²) in [6.07, 6.45) is 5.39. The lowest BCUT2D eigenvalue weighted by molar-refractivity contribution is 0.518. The molecule has 2 aromatic rings. The molecular weight excluding hydrogens is 210 g/mol. The zero-order valence-electron chi connectivity index (χ0n) is 10.3. The van der Waals surface area contributed by atoms with Gasteiger partial charge in [0.1, 0.15) is 5.76 Å². The SMILES string of the molecule is CCCCc1ccc(NCc2ccco2)cc1. The minimum absolute atomic E-state index is 0.737. The fourth-order valence-corrected chi connectivity index (χ4v) is 1.77. The average Bonchev–Trinajstić information content (AvgIpc) is 2.88. The number of hydrogen-bond acceptors (Lipinski definition) is 2. The lowest BCUT2D eigenvalue weighted by Crippen LogP contribution is -1.98. The van der Waals surface area contributed by atoms with Gasteiger partial charge in [-0.3, -0.25) is 0 Å². The summed E-state index contributed by atoms with van der Waals surface area (Å²) in [7, 11) is 0. The highest BCUT2D eigenvalue weighted by atomic mass is 16.3. The molecular formula is C15H19NO. The van der Waals surface area contributed by atoms with Gasteiger partial charge < -0.3 is 9.73 Å². The predicted molar refractivity (Wildman–Crippen MR) is 71.1 cm³/mol. The molecule has 0 saturated heterocycles. The van der Waals surface area contributed by atoms with Crippen LogP contribution in [0.2, 0.25) is 0 Å². The fraction of sp³-hybridized carbons (Fsp3) is 0.333. The lowest BCUT2D eigenvalue weighted by Gasteiger charge is -2.05. The zero-order valence-corrected chi connectivity index (χ0v) is 10.3. The average molecular weight is 229 g/mol. The monoisotopic (exact) mass is 229 g/mol. The molecule has 90 valence electrons. The number of nitrogens with one attached hydrogen (secondary N) is 1. The molecule has 0 unspecified atom stereocenters. The van der Waals surface area contributed by atoms with Gasteiger partial charge in [0.25, 0.3) is 0 Å². The molecule has 0 atom stereocenters. The fourth-order valence-electron chi connectivity index (χ4n) is 1.77. The second-order valence-electron chi connectivity index (χ2n) is 4.23. The summed E-state index contributed by atoms with van der Waals surface area (Å²) in [6, 6.07) is 12.5. The number of benzene rings is 1. The van der Waals surface area contributed by atoms with Crippen molar-refractivity contribution in [1.82, 2.24) is 0 Å². The van der Waals surface area contributed by atoms with E-state index in [9.17, 15) is 0 Å². The van der Waals surface area contributed by atoms with E-state index in [1.807, 2.05) is 12.1 Å². The summed E-state index contributed by atoms with van der Waals surface area (Å²) in [5.74, 6) is 0.958. The second-order valence-corrected chi connectivity index (χ2v) is 4.23.